The molecular weight excluding hydrogens is 363 g/mol. The van der Waals surface area contributed by atoms with E-state index in [0.717, 1.165) is 5.75 Å². The minimum absolute atomic E-state index is 0.102. The summed E-state index contributed by atoms with van der Waals surface area (Å²) in [7, 11) is 0. The van der Waals surface area contributed by atoms with Gasteiger partial charge in [-0.1, -0.05) is 35.9 Å². The molecule has 1 heterocycles. The van der Waals surface area contributed by atoms with Crippen LogP contribution in [0.4, 0.5) is 4.39 Å². The summed E-state index contributed by atoms with van der Waals surface area (Å²) in [6.07, 6.45) is 0. The number of aryl methyl sites for hydroxylation is 1. The molecule has 2 aromatic carbocycles. The van der Waals surface area contributed by atoms with Crippen LogP contribution in [0.25, 0.3) is 0 Å². The van der Waals surface area contributed by atoms with Gasteiger partial charge in [-0.2, -0.15) is 0 Å². The maximum atomic E-state index is 13.3. The maximum absolute atomic E-state index is 13.3. The molecule has 2 aromatic rings. The molecule has 27 heavy (non-hydrogen) atoms. The molecule has 2 amide bonds. The highest BCUT2D eigenvalue weighted by atomic mass is 32.2. The Kier molecular flexibility index (Phi) is 6.50. The van der Waals surface area contributed by atoms with Crippen LogP contribution < -0.4 is 0 Å². The van der Waals surface area contributed by atoms with Crippen molar-refractivity contribution in [1.29, 1.82) is 0 Å². The van der Waals surface area contributed by atoms with Gasteiger partial charge in [-0.15, -0.1) is 11.8 Å². The van der Waals surface area contributed by atoms with Crippen molar-refractivity contribution in [2.75, 3.05) is 31.9 Å². The maximum Gasteiger partial charge on any atom is 0.254 e. The Bertz CT molecular complexity index is 802. The van der Waals surface area contributed by atoms with Crippen molar-refractivity contribution in [2.45, 2.75) is 12.7 Å². The van der Waals surface area contributed by atoms with E-state index < -0.39 is 5.82 Å². The molecule has 0 bridgehead atoms. The number of carbonyl (C=O) groups is 2. The topological polar surface area (TPSA) is 40.6 Å². The van der Waals surface area contributed by atoms with E-state index in [1.54, 1.807) is 27.6 Å². The molecule has 0 unspecified atom stereocenters. The van der Waals surface area contributed by atoms with Crippen molar-refractivity contribution in [1.82, 2.24) is 9.80 Å². The van der Waals surface area contributed by atoms with Crippen LogP contribution in [0.2, 0.25) is 0 Å². The molecule has 4 nitrogen and oxygen atoms in total. The highest BCUT2D eigenvalue weighted by Crippen LogP contribution is 2.15. The Balaban J connectivity index is 1.43. The van der Waals surface area contributed by atoms with E-state index in [2.05, 4.69) is 31.2 Å². The molecule has 1 aliphatic heterocycles. The van der Waals surface area contributed by atoms with Crippen LogP contribution >= 0.6 is 11.8 Å². The first-order valence-corrected chi connectivity index (χ1v) is 10.1. The largest absolute Gasteiger partial charge is 0.338 e. The standard InChI is InChI=1S/C21H23FN2O2S/c1-16-5-7-17(8-6-16)14-27-15-20(25)23-9-11-24(12-10-23)21(26)18-3-2-4-19(22)13-18/h2-8,13H,9-12,14-15H2,1H3. The lowest BCUT2D eigenvalue weighted by atomic mass is 10.1. The van der Waals surface area contributed by atoms with Crippen molar-refractivity contribution >= 4 is 23.6 Å². The van der Waals surface area contributed by atoms with E-state index >= 15 is 0 Å². The zero-order chi connectivity index (χ0) is 19.2. The van der Waals surface area contributed by atoms with Gasteiger partial charge in [0.2, 0.25) is 5.91 Å². The number of thioether (sulfide) groups is 1. The van der Waals surface area contributed by atoms with Crippen molar-refractivity contribution in [2.24, 2.45) is 0 Å². The Hall–Kier alpha value is -2.34. The number of benzene rings is 2. The first kappa shape index (κ1) is 19.4. The molecule has 0 spiro atoms. The van der Waals surface area contributed by atoms with Gasteiger partial charge in [0, 0.05) is 37.5 Å². The number of nitrogens with zero attached hydrogens (tertiary/aromatic N) is 2. The number of piperazine rings is 1. The fraction of sp³-hybridized carbons (Fsp3) is 0.333. The molecule has 0 aromatic heterocycles. The van der Waals surface area contributed by atoms with Gasteiger partial charge in [0.05, 0.1) is 5.75 Å². The number of hydrogen-bond donors (Lipinski definition) is 0. The monoisotopic (exact) mass is 386 g/mol. The zero-order valence-electron chi connectivity index (χ0n) is 15.4. The van der Waals surface area contributed by atoms with Gasteiger partial charge < -0.3 is 9.80 Å². The van der Waals surface area contributed by atoms with Crippen LogP contribution in [0.5, 0.6) is 0 Å². The molecular formula is C21H23FN2O2S. The third kappa shape index (κ3) is 5.32. The number of halogens is 1. The number of rotatable bonds is 5. The predicted octanol–water partition coefficient (Wildman–Crippen LogP) is 3.35. The van der Waals surface area contributed by atoms with Crippen molar-refractivity contribution in [3.63, 3.8) is 0 Å². The number of amides is 2. The van der Waals surface area contributed by atoms with E-state index in [1.165, 1.54) is 29.3 Å². The SMILES string of the molecule is Cc1ccc(CSCC(=O)N2CCN(C(=O)c3cccc(F)c3)CC2)cc1. The van der Waals surface area contributed by atoms with Crippen molar-refractivity contribution in [3.8, 4) is 0 Å². The molecule has 0 atom stereocenters. The fourth-order valence-electron chi connectivity index (χ4n) is 2.99. The molecule has 3 rings (SSSR count). The van der Waals surface area contributed by atoms with Crippen LogP contribution in [0.3, 0.4) is 0 Å². The summed E-state index contributed by atoms with van der Waals surface area (Å²) in [5.74, 6) is 0.746. The minimum atomic E-state index is -0.416. The summed E-state index contributed by atoms with van der Waals surface area (Å²) in [6, 6.07) is 14.0. The Morgan fingerprint density at radius 3 is 2.33 bits per heavy atom. The van der Waals surface area contributed by atoms with E-state index in [9.17, 15) is 14.0 Å². The Morgan fingerprint density at radius 2 is 1.67 bits per heavy atom. The normalized spacial score (nSPS) is 14.3. The van der Waals surface area contributed by atoms with E-state index in [-0.39, 0.29) is 11.8 Å². The average molecular weight is 386 g/mol. The molecule has 142 valence electrons. The first-order valence-electron chi connectivity index (χ1n) is 8.99. The number of hydrogen-bond acceptors (Lipinski definition) is 3. The van der Waals surface area contributed by atoms with Gasteiger partial charge in [0.25, 0.3) is 5.91 Å². The minimum Gasteiger partial charge on any atom is -0.338 e. The summed E-state index contributed by atoms with van der Waals surface area (Å²) in [4.78, 5) is 28.3. The molecule has 0 saturated carbocycles. The molecule has 0 N–H and O–H groups in total. The highest BCUT2D eigenvalue weighted by Gasteiger charge is 2.24. The highest BCUT2D eigenvalue weighted by molar-refractivity contribution is 7.99. The predicted molar refractivity (Wildman–Crippen MR) is 106 cm³/mol. The third-order valence-corrected chi connectivity index (χ3v) is 5.59. The lowest BCUT2D eigenvalue weighted by Crippen LogP contribution is -2.51. The van der Waals surface area contributed by atoms with Crippen LogP contribution in [0.1, 0.15) is 21.5 Å². The summed E-state index contributed by atoms with van der Waals surface area (Å²) in [5.41, 5.74) is 2.79. The lowest BCUT2D eigenvalue weighted by Gasteiger charge is -2.34. The second-order valence-electron chi connectivity index (χ2n) is 6.66. The van der Waals surface area contributed by atoms with E-state index in [4.69, 9.17) is 0 Å². The molecule has 6 heteroatoms. The second-order valence-corrected chi connectivity index (χ2v) is 7.65. The van der Waals surface area contributed by atoms with Crippen LogP contribution in [-0.4, -0.2) is 53.5 Å². The van der Waals surface area contributed by atoms with E-state index in [1.807, 2.05) is 0 Å². The molecule has 1 saturated heterocycles. The summed E-state index contributed by atoms with van der Waals surface area (Å²) >= 11 is 1.61. The van der Waals surface area contributed by atoms with Gasteiger partial charge >= 0.3 is 0 Å². The molecule has 1 aliphatic rings. The Labute approximate surface area is 163 Å². The summed E-state index contributed by atoms with van der Waals surface area (Å²) in [5, 5.41) is 0. The van der Waals surface area contributed by atoms with Gasteiger partial charge in [-0.25, -0.2) is 4.39 Å². The molecule has 0 aliphatic carbocycles. The van der Waals surface area contributed by atoms with Gasteiger partial charge in [0.15, 0.2) is 0 Å². The van der Waals surface area contributed by atoms with Crippen LogP contribution in [-0.2, 0) is 10.5 Å². The molecule has 1 fully saturated rings. The van der Waals surface area contributed by atoms with Crippen LogP contribution in [0, 0.1) is 12.7 Å². The van der Waals surface area contributed by atoms with Gasteiger partial charge in [0.1, 0.15) is 5.82 Å². The fourth-order valence-corrected chi connectivity index (χ4v) is 3.88. The smallest absolute Gasteiger partial charge is 0.254 e. The van der Waals surface area contributed by atoms with Crippen molar-refractivity contribution in [3.05, 3.63) is 71.0 Å². The third-order valence-electron chi connectivity index (χ3n) is 4.61. The van der Waals surface area contributed by atoms with Crippen LogP contribution in [0.15, 0.2) is 48.5 Å². The summed E-state index contributed by atoms with van der Waals surface area (Å²) in [6.45, 7) is 4.04. The van der Waals surface area contributed by atoms with E-state index in [0.29, 0.717) is 37.5 Å². The van der Waals surface area contributed by atoms with Gasteiger partial charge in [-0.3, -0.25) is 9.59 Å². The Morgan fingerprint density at radius 1 is 1.00 bits per heavy atom. The quantitative estimate of drug-likeness (QED) is 0.791. The zero-order valence-corrected chi connectivity index (χ0v) is 16.2. The van der Waals surface area contributed by atoms with Gasteiger partial charge in [-0.05, 0) is 30.7 Å². The number of carbonyl (C=O) groups excluding carboxylic acids is 2. The second kappa shape index (κ2) is 9.04. The average Bonchev–Trinajstić information content (AvgIpc) is 2.69. The molecule has 0 radical (unpaired) electrons. The summed E-state index contributed by atoms with van der Waals surface area (Å²) < 4.78 is 13.3. The lowest BCUT2D eigenvalue weighted by molar-refractivity contribution is -0.129. The first-order chi connectivity index (χ1) is 13.0. The van der Waals surface area contributed by atoms with Crippen molar-refractivity contribution < 1.29 is 14.0 Å².